The number of hydrogen-bond donors (Lipinski definition) is 2. The number of carbonyl (C=O) groups excluding carboxylic acids is 1. The molecule has 2 rings (SSSR count). The van der Waals surface area contributed by atoms with Gasteiger partial charge in [0.2, 0.25) is 0 Å². The summed E-state index contributed by atoms with van der Waals surface area (Å²) < 4.78 is 6.62. The van der Waals surface area contributed by atoms with Crippen molar-refractivity contribution in [2.75, 3.05) is 6.54 Å². The summed E-state index contributed by atoms with van der Waals surface area (Å²) in [4.78, 5) is 11.7. The molecule has 0 atom stereocenters. The molecule has 0 saturated heterocycles. The van der Waals surface area contributed by atoms with Crippen LogP contribution in [0.15, 0.2) is 29.0 Å². The lowest BCUT2D eigenvalue weighted by Gasteiger charge is -1.99. The van der Waals surface area contributed by atoms with Crippen molar-refractivity contribution in [2.45, 2.75) is 13.1 Å². The largest absolute Gasteiger partial charge is 0.467 e. The van der Waals surface area contributed by atoms with Gasteiger partial charge in [0.15, 0.2) is 5.69 Å². The maximum Gasteiger partial charge on any atom is 0.273 e. The van der Waals surface area contributed by atoms with E-state index in [1.165, 1.54) is 4.68 Å². The quantitative estimate of drug-likeness (QED) is 0.745. The highest BCUT2D eigenvalue weighted by atomic mass is 16.3. The number of nitrogens with one attached hydrogen (secondary N) is 1. The molecule has 0 radical (unpaired) electrons. The van der Waals surface area contributed by atoms with Crippen LogP contribution in [0, 0.1) is 0 Å². The SMILES string of the molecule is NCCn1cc(C(=O)NCc2ccco2)nn1. The van der Waals surface area contributed by atoms with Gasteiger partial charge in [-0.25, -0.2) is 0 Å². The van der Waals surface area contributed by atoms with Gasteiger partial charge in [0.25, 0.3) is 5.91 Å². The number of nitrogens with two attached hydrogens (primary N) is 1. The predicted molar refractivity (Wildman–Crippen MR) is 59.0 cm³/mol. The molecule has 2 aromatic heterocycles. The number of nitrogens with zero attached hydrogens (tertiary/aromatic N) is 3. The molecular weight excluding hydrogens is 222 g/mol. The molecule has 90 valence electrons. The van der Waals surface area contributed by atoms with Gasteiger partial charge in [-0.1, -0.05) is 5.21 Å². The Morgan fingerprint density at radius 1 is 1.59 bits per heavy atom. The highest BCUT2D eigenvalue weighted by Crippen LogP contribution is 2.00. The predicted octanol–water partition coefficient (Wildman–Crippen LogP) is -0.240. The minimum Gasteiger partial charge on any atom is -0.467 e. The number of amides is 1. The average Bonchev–Trinajstić information content (AvgIpc) is 2.97. The van der Waals surface area contributed by atoms with E-state index in [4.69, 9.17) is 10.2 Å². The molecule has 0 fully saturated rings. The zero-order chi connectivity index (χ0) is 12.1. The zero-order valence-electron chi connectivity index (χ0n) is 9.17. The van der Waals surface area contributed by atoms with Crippen molar-refractivity contribution in [1.29, 1.82) is 0 Å². The first-order chi connectivity index (χ1) is 8.29. The molecule has 0 spiro atoms. The fraction of sp³-hybridized carbons (Fsp3) is 0.300. The van der Waals surface area contributed by atoms with Crippen LogP contribution in [0.3, 0.4) is 0 Å². The molecule has 0 aliphatic carbocycles. The molecule has 3 N–H and O–H groups in total. The monoisotopic (exact) mass is 235 g/mol. The Morgan fingerprint density at radius 2 is 2.47 bits per heavy atom. The van der Waals surface area contributed by atoms with Gasteiger partial charge < -0.3 is 15.5 Å². The van der Waals surface area contributed by atoms with Crippen LogP contribution in [0.4, 0.5) is 0 Å². The van der Waals surface area contributed by atoms with Crippen LogP contribution in [-0.2, 0) is 13.1 Å². The molecule has 17 heavy (non-hydrogen) atoms. The molecule has 0 bridgehead atoms. The Labute approximate surface area is 97.6 Å². The van der Waals surface area contributed by atoms with Gasteiger partial charge in [-0.15, -0.1) is 5.10 Å². The van der Waals surface area contributed by atoms with E-state index >= 15 is 0 Å². The molecule has 0 aliphatic heterocycles. The molecule has 0 aliphatic rings. The van der Waals surface area contributed by atoms with Gasteiger partial charge in [0, 0.05) is 6.54 Å². The van der Waals surface area contributed by atoms with Crippen molar-refractivity contribution >= 4 is 5.91 Å². The number of furan rings is 1. The molecule has 0 aromatic carbocycles. The molecule has 7 heteroatoms. The Morgan fingerprint density at radius 3 is 3.18 bits per heavy atom. The lowest BCUT2D eigenvalue weighted by molar-refractivity contribution is 0.0943. The molecule has 2 aromatic rings. The third-order valence-corrected chi connectivity index (χ3v) is 2.13. The fourth-order valence-electron chi connectivity index (χ4n) is 1.32. The summed E-state index contributed by atoms with van der Waals surface area (Å²) >= 11 is 0. The third-order valence-electron chi connectivity index (χ3n) is 2.13. The summed E-state index contributed by atoms with van der Waals surface area (Å²) in [5, 5.41) is 10.2. The molecule has 0 unspecified atom stereocenters. The van der Waals surface area contributed by atoms with Crippen molar-refractivity contribution in [3.05, 3.63) is 36.0 Å². The van der Waals surface area contributed by atoms with Crippen LogP contribution in [0.25, 0.3) is 0 Å². The number of aromatic nitrogens is 3. The van der Waals surface area contributed by atoms with Gasteiger partial charge >= 0.3 is 0 Å². The van der Waals surface area contributed by atoms with Crippen LogP contribution in [0.2, 0.25) is 0 Å². The second kappa shape index (κ2) is 5.26. The topological polar surface area (TPSA) is 99.0 Å². The second-order valence-corrected chi connectivity index (χ2v) is 3.42. The highest BCUT2D eigenvalue weighted by Gasteiger charge is 2.10. The van der Waals surface area contributed by atoms with Gasteiger partial charge in [-0.2, -0.15) is 0 Å². The first kappa shape index (κ1) is 11.3. The van der Waals surface area contributed by atoms with Crippen LogP contribution in [0.1, 0.15) is 16.2 Å². The van der Waals surface area contributed by atoms with Crippen molar-refractivity contribution in [3.63, 3.8) is 0 Å². The molecule has 0 saturated carbocycles. The van der Waals surface area contributed by atoms with Crippen molar-refractivity contribution in [1.82, 2.24) is 20.3 Å². The molecule has 7 nitrogen and oxygen atoms in total. The maximum atomic E-state index is 11.7. The zero-order valence-corrected chi connectivity index (χ0v) is 9.17. The van der Waals surface area contributed by atoms with Crippen LogP contribution < -0.4 is 11.1 Å². The van der Waals surface area contributed by atoms with Gasteiger partial charge in [-0.3, -0.25) is 9.48 Å². The van der Waals surface area contributed by atoms with E-state index in [1.54, 1.807) is 24.6 Å². The first-order valence-corrected chi connectivity index (χ1v) is 5.20. The van der Waals surface area contributed by atoms with Gasteiger partial charge in [0.1, 0.15) is 5.76 Å². The van der Waals surface area contributed by atoms with E-state index in [2.05, 4.69) is 15.6 Å². The Bertz CT molecular complexity index is 477. The van der Waals surface area contributed by atoms with Crippen molar-refractivity contribution in [3.8, 4) is 0 Å². The normalized spacial score (nSPS) is 10.4. The summed E-state index contributed by atoms with van der Waals surface area (Å²) in [6, 6.07) is 3.55. The maximum absolute atomic E-state index is 11.7. The summed E-state index contributed by atoms with van der Waals surface area (Å²) in [5.74, 6) is 0.400. The highest BCUT2D eigenvalue weighted by molar-refractivity contribution is 5.91. The third kappa shape index (κ3) is 2.91. The van der Waals surface area contributed by atoms with Crippen molar-refractivity contribution in [2.24, 2.45) is 5.73 Å². The Balaban J connectivity index is 1.90. The standard InChI is InChI=1S/C10H13N5O2/c11-3-4-15-7-9(13-14-15)10(16)12-6-8-2-1-5-17-8/h1-2,5,7H,3-4,6,11H2,(H,12,16). The van der Waals surface area contributed by atoms with E-state index in [-0.39, 0.29) is 11.6 Å². The minimum atomic E-state index is -0.287. The first-order valence-electron chi connectivity index (χ1n) is 5.20. The summed E-state index contributed by atoms with van der Waals surface area (Å²) in [6.45, 7) is 1.32. The number of carbonyl (C=O) groups is 1. The van der Waals surface area contributed by atoms with Crippen LogP contribution in [-0.4, -0.2) is 27.4 Å². The minimum absolute atomic E-state index is 0.269. The fourth-order valence-corrected chi connectivity index (χ4v) is 1.32. The lowest BCUT2D eigenvalue weighted by Crippen LogP contribution is -2.22. The number of hydrogen-bond acceptors (Lipinski definition) is 5. The van der Waals surface area contributed by atoms with E-state index in [0.717, 1.165) is 0 Å². The summed E-state index contributed by atoms with van der Waals surface area (Å²) in [6.07, 6.45) is 3.11. The van der Waals surface area contributed by atoms with Crippen LogP contribution >= 0.6 is 0 Å². The van der Waals surface area contributed by atoms with Crippen molar-refractivity contribution < 1.29 is 9.21 Å². The smallest absolute Gasteiger partial charge is 0.273 e. The molecular formula is C10H13N5O2. The van der Waals surface area contributed by atoms with Gasteiger partial charge in [-0.05, 0) is 12.1 Å². The Hall–Kier alpha value is -2.15. The van der Waals surface area contributed by atoms with E-state index in [0.29, 0.717) is 25.4 Å². The summed E-state index contributed by atoms with van der Waals surface area (Å²) in [5.41, 5.74) is 5.64. The van der Waals surface area contributed by atoms with E-state index in [9.17, 15) is 4.79 Å². The van der Waals surface area contributed by atoms with E-state index < -0.39 is 0 Å². The van der Waals surface area contributed by atoms with E-state index in [1.807, 2.05) is 0 Å². The molecule has 1 amide bonds. The lowest BCUT2D eigenvalue weighted by atomic mass is 10.4. The number of rotatable bonds is 5. The molecule has 2 heterocycles. The Kier molecular flexibility index (Phi) is 3.51. The van der Waals surface area contributed by atoms with Gasteiger partial charge in [0.05, 0.1) is 25.5 Å². The summed E-state index contributed by atoms with van der Waals surface area (Å²) in [7, 11) is 0. The second-order valence-electron chi connectivity index (χ2n) is 3.42. The average molecular weight is 235 g/mol. The van der Waals surface area contributed by atoms with Crippen LogP contribution in [0.5, 0.6) is 0 Å².